The van der Waals surface area contributed by atoms with Gasteiger partial charge in [0.25, 0.3) is 0 Å². The summed E-state index contributed by atoms with van der Waals surface area (Å²) in [4.78, 5) is 9.50. The van der Waals surface area contributed by atoms with Gasteiger partial charge in [-0.2, -0.15) is 0 Å². The molecule has 0 fully saturated rings. The van der Waals surface area contributed by atoms with Crippen molar-refractivity contribution in [2.45, 2.75) is 13.3 Å². The van der Waals surface area contributed by atoms with Gasteiger partial charge in [-0.1, -0.05) is 11.6 Å². The maximum Gasteiger partial charge on any atom is 0.225 e. The van der Waals surface area contributed by atoms with Crippen LogP contribution in [0.2, 0.25) is 5.15 Å². The van der Waals surface area contributed by atoms with Crippen molar-refractivity contribution in [2.75, 3.05) is 25.1 Å². The Hall–Kier alpha value is -0.910. The van der Waals surface area contributed by atoms with Gasteiger partial charge in [-0.05, 0) is 24.8 Å². The van der Waals surface area contributed by atoms with Crippen molar-refractivity contribution in [3.63, 3.8) is 0 Å². The summed E-state index contributed by atoms with van der Waals surface area (Å²) in [6, 6.07) is 1.93. The molecule has 0 aliphatic heterocycles. The van der Waals surface area contributed by atoms with Crippen molar-refractivity contribution in [1.82, 2.24) is 9.97 Å². The van der Waals surface area contributed by atoms with E-state index in [1.54, 1.807) is 11.3 Å². The van der Waals surface area contributed by atoms with Gasteiger partial charge in [0, 0.05) is 25.1 Å². The highest BCUT2D eigenvalue weighted by atomic mass is 35.5. The van der Waals surface area contributed by atoms with Crippen LogP contribution in [0, 0.1) is 0 Å². The summed E-state index contributed by atoms with van der Waals surface area (Å²) in [6.45, 7) is 4.27. The number of aromatic nitrogens is 2. The molecule has 1 N–H and O–H groups in total. The van der Waals surface area contributed by atoms with E-state index in [2.05, 4.69) is 15.3 Å². The third-order valence-corrected chi connectivity index (χ3v) is 3.33. The average Bonchev–Trinajstić information content (AvgIpc) is 2.77. The Kier molecular flexibility index (Phi) is 4.53. The number of ether oxygens (including phenoxy) is 1. The first-order chi connectivity index (χ1) is 8.31. The monoisotopic (exact) mass is 271 g/mol. The minimum absolute atomic E-state index is 0.503. The smallest absolute Gasteiger partial charge is 0.225 e. The number of hydrogen-bond donors (Lipinski definition) is 1. The van der Waals surface area contributed by atoms with Gasteiger partial charge in [-0.25, -0.2) is 9.97 Å². The number of nitrogens with zero attached hydrogens (tertiary/aromatic N) is 2. The van der Waals surface area contributed by atoms with E-state index in [1.165, 1.54) is 0 Å². The van der Waals surface area contributed by atoms with E-state index < -0.39 is 0 Å². The van der Waals surface area contributed by atoms with Crippen molar-refractivity contribution in [1.29, 1.82) is 0 Å². The first-order valence-electron chi connectivity index (χ1n) is 5.53. The fourth-order valence-electron chi connectivity index (χ4n) is 1.42. The molecule has 0 radical (unpaired) electrons. The first kappa shape index (κ1) is 12.5. The van der Waals surface area contributed by atoms with Crippen molar-refractivity contribution in [3.8, 4) is 0 Å². The van der Waals surface area contributed by atoms with Gasteiger partial charge in [0.05, 0.1) is 0 Å². The van der Waals surface area contributed by atoms with Gasteiger partial charge in [-0.15, -0.1) is 11.3 Å². The van der Waals surface area contributed by atoms with Crippen molar-refractivity contribution in [2.24, 2.45) is 0 Å². The molecule has 2 heterocycles. The Bertz CT molecular complexity index is 489. The zero-order valence-electron chi connectivity index (χ0n) is 9.57. The topological polar surface area (TPSA) is 47.0 Å². The lowest BCUT2D eigenvalue weighted by atomic mass is 10.4. The Labute approximate surface area is 109 Å². The zero-order valence-corrected chi connectivity index (χ0v) is 11.1. The van der Waals surface area contributed by atoms with E-state index in [0.29, 0.717) is 11.1 Å². The van der Waals surface area contributed by atoms with Gasteiger partial charge in [0.15, 0.2) is 0 Å². The molecule has 0 aliphatic rings. The molecule has 4 nitrogen and oxygen atoms in total. The molecule has 0 saturated heterocycles. The standard InChI is InChI=1S/C11H14ClN3OS/c1-2-16-6-3-5-13-11-14-9(12)8-4-7-17-10(8)15-11/h4,7H,2-3,5-6H2,1H3,(H,13,14,15). The molecular weight excluding hydrogens is 258 g/mol. The Balaban J connectivity index is 1.94. The minimum Gasteiger partial charge on any atom is -0.382 e. The molecule has 2 rings (SSSR count). The highest BCUT2D eigenvalue weighted by molar-refractivity contribution is 7.16. The summed E-state index contributed by atoms with van der Waals surface area (Å²) in [5.41, 5.74) is 0. The summed E-state index contributed by atoms with van der Waals surface area (Å²) in [5.74, 6) is 0.585. The second kappa shape index (κ2) is 6.14. The maximum atomic E-state index is 6.06. The van der Waals surface area contributed by atoms with Crippen LogP contribution in [0.3, 0.4) is 0 Å². The van der Waals surface area contributed by atoms with Gasteiger partial charge in [0.2, 0.25) is 5.95 Å². The molecular formula is C11H14ClN3OS. The van der Waals surface area contributed by atoms with Crippen LogP contribution in [0.5, 0.6) is 0 Å². The van der Waals surface area contributed by atoms with Crippen molar-refractivity contribution in [3.05, 3.63) is 16.6 Å². The van der Waals surface area contributed by atoms with E-state index in [0.717, 1.165) is 36.4 Å². The third-order valence-electron chi connectivity index (χ3n) is 2.23. The summed E-state index contributed by atoms with van der Waals surface area (Å²) in [6.07, 6.45) is 0.928. The highest BCUT2D eigenvalue weighted by Crippen LogP contribution is 2.25. The zero-order chi connectivity index (χ0) is 12.1. The lowest BCUT2D eigenvalue weighted by Crippen LogP contribution is -2.08. The Morgan fingerprint density at radius 3 is 3.18 bits per heavy atom. The molecule has 0 aliphatic carbocycles. The van der Waals surface area contributed by atoms with E-state index >= 15 is 0 Å². The summed E-state index contributed by atoms with van der Waals surface area (Å²) in [5, 5.41) is 6.53. The van der Waals surface area contributed by atoms with Gasteiger partial charge in [0.1, 0.15) is 9.98 Å². The molecule has 17 heavy (non-hydrogen) atoms. The third kappa shape index (κ3) is 3.28. The predicted molar refractivity (Wildman–Crippen MR) is 72.0 cm³/mol. The fourth-order valence-corrected chi connectivity index (χ4v) is 2.47. The summed E-state index contributed by atoms with van der Waals surface area (Å²) in [7, 11) is 0. The van der Waals surface area contributed by atoms with Crippen LogP contribution in [0.15, 0.2) is 11.4 Å². The first-order valence-corrected chi connectivity index (χ1v) is 6.79. The minimum atomic E-state index is 0.503. The number of rotatable bonds is 6. The molecule has 0 unspecified atom stereocenters. The van der Waals surface area contributed by atoms with Gasteiger partial charge in [-0.3, -0.25) is 0 Å². The van der Waals surface area contributed by atoms with Crippen molar-refractivity contribution < 1.29 is 4.74 Å². The van der Waals surface area contributed by atoms with Crippen LogP contribution in [0.1, 0.15) is 13.3 Å². The van der Waals surface area contributed by atoms with E-state index in [-0.39, 0.29) is 0 Å². The summed E-state index contributed by atoms with van der Waals surface area (Å²) < 4.78 is 5.25. The normalized spacial score (nSPS) is 10.9. The number of thiophene rings is 1. The van der Waals surface area contributed by atoms with Crippen LogP contribution in [-0.2, 0) is 4.74 Å². The maximum absolute atomic E-state index is 6.06. The molecule has 92 valence electrons. The van der Waals surface area contributed by atoms with E-state index in [4.69, 9.17) is 16.3 Å². The SMILES string of the molecule is CCOCCCNc1nc(Cl)c2ccsc2n1. The second-order valence-electron chi connectivity index (χ2n) is 3.45. The molecule has 2 aromatic heterocycles. The van der Waals surface area contributed by atoms with Crippen molar-refractivity contribution >= 4 is 39.1 Å². The number of hydrogen-bond acceptors (Lipinski definition) is 5. The van der Waals surface area contributed by atoms with Crippen LogP contribution >= 0.6 is 22.9 Å². The lowest BCUT2D eigenvalue weighted by Gasteiger charge is -2.05. The lowest BCUT2D eigenvalue weighted by molar-refractivity contribution is 0.147. The Morgan fingerprint density at radius 2 is 2.35 bits per heavy atom. The molecule has 0 aromatic carbocycles. The van der Waals surface area contributed by atoms with Gasteiger partial charge >= 0.3 is 0 Å². The predicted octanol–water partition coefficient (Wildman–Crippen LogP) is 3.18. The number of fused-ring (bicyclic) bond motifs is 1. The largest absolute Gasteiger partial charge is 0.382 e. The fraction of sp³-hybridized carbons (Fsp3) is 0.455. The molecule has 2 aromatic rings. The second-order valence-corrected chi connectivity index (χ2v) is 4.71. The van der Waals surface area contributed by atoms with Crippen LogP contribution in [0.4, 0.5) is 5.95 Å². The average molecular weight is 272 g/mol. The van der Waals surface area contributed by atoms with Crippen LogP contribution in [0.25, 0.3) is 10.2 Å². The highest BCUT2D eigenvalue weighted by Gasteiger charge is 2.06. The summed E-state index contributed by atoms with van der Waals surface area (Å²) >= 11 is 7.62. The number of nitrogens with one attached hydrogen (secondary N) is 1. The van der Waals surface area contributed by atoms with Gasteiger partial charge < -0.3 is 10.1 Å². The molecule has 6 heteroatoms. The molecule has 0 spiro atoms. The quantitative estimate of drug-likeness (QED) is 0.647. The number of anilines is 1. The number of halogens is 1. The molecule has 0 amide bonds. The molecule has 0 saturated carbocycles. The van der Waals surface area contributed by atoms with E-state index in [9.17, 15) is 0 Å². The Morgan fingerprint density at radius 1 is 1.47 bits per heavy atom. The van der Waals surface area contributed by atoms with Crippen LogP contribution < -0.4 is 5.32 Å². The van der Waals surface area contributed by atoms with E-state index in [1.807, 2.05) is 18.4 Å². The molecule has 0 atom stereocenters. The van der Waals surface area contributed by atoms with Crippen LogP contribution in [-0.4, -0.2) is 29.7 Å². The molecule has 0 bridgehead atoms.